The van der Waals surface area contributed by atoms with E-state index in [1.54, 1.807) is 36.4 Å². The van der Waals surface area contributed by atoms with E-state index in [9.17, 15) is 14.4 Å². The minimum atomic E-state index is -0.968. The molecule has 3 aromatic rings. The molecule has 1 unspecified atom stereocenters. The predicted molar refractivity (Wildman–Crippen MR) is 103 cm³/mol. The molecule has 0 spiro atoms. The molecule has 1 heterocycles. The quantitative estimate of drug-likeness (QED) is 0.512. The van der Waals surface area contributed by atoms with Crippen LogP contribution in [0.5, 0.6) is 0 Å². The van der Waals surface area contributed by atoms with Gasteiger partial charge in [0.1, 0.15) is 0 Å². The molecule has 2 aromatic carbocycles. The molecule has 3 rings (SSSR count). The van der Waals surface area contributed by atoms with Crippen LogP contribution in [-0.2, 0) is 4.74 Å². The predicted octanol–water partition coefficient (Wildman–Crippen LogP) is 4.27. The van der Waals surface area contributed by atoms with Gasteiger partial charge >= 0.3 is 5.97 Å². The van der Waals surface area contributed by atoms with Crippen LogP contribution in [0.1, 0.15) is 43.8 Å². The number of furan rings is 1. The molecule has 1 amide bonds. The molecule has 0 aliphatic rings. The van der Waals surface area contributed by atoms with Gasteiger partial charge in [-0.05, 0) is 38.1 Å². The van der Waals surface area contributed by atoms with E-state index in [4.69, 9.17) is 9.15 Å². The van der Waals surface area contributed by atoms with Crippen LogP contribution in [0.4, 0.5) is 5.69 Å². The minimum Gasteiger partial charge on any atom is -0.459 e. The van der Waals surface area contributed by atoms with Gasteiger partial charge in [0.2, 0.25) is 5.78 Å². The van der Waals surface area contributed by atoms with Crippen LogP contribution < -0.4 is 5.32 Å². The minimum absolute atomic E-state index is 0.117. The number of hydrogen-bond donors (Lipinski definition) is 1. The second-order valence-corrected chi connectivity index (χ2v) is 6.25. The highest BCUT2D eigenvalue weighted by atomic mass is 16.5. The van der Waals surface area contributed by atoms with E-state index < -0.39 is 18.0 Å². The number of carbonyl (C=O) groups excluding carboxylic acids is 3. The van der Waals surface area contributed by atoms with Crippen molar-refractivity contribution in [2.45, 2.75) is 20.0 Å². The van der Waals surface area contributed by atoms with Gasteiger partial charge in [-0.15, -0.1) is 0 Å². The highest BCUT2D eigenvalue weighted by Gasteiger charge is 2.22. The van der Waals surface area contributed by atoms with Crippen molar-refractivity contribution in [1.29, 1.82) is 0 Å². The molecule has 6 heteroatoms. The number of nitrogens with one attached hydrogen (secondary N) is 1. The lowest BCUT2D eigenvalue weighted by Crippen LogP contribution is -2.25. The van der Waals surface area contributed by atoms with Crippen molar-refractivity contribution in [3.63, 3.8) is 0 Å². The number of amides is 1. The standard InChI is InChI=1S/C22H19NO5/c1-14-9-11-16(12-10-14)20(24)15(2)28-22(26)17-6-3-4-7-18(17)23-21(25)19-8-5-13-27-19/h3-13,15H,1-2H3,(H,23,25). The summed E-state index contributed by atoms with van der Waals surface area (Å²) in [5, 5.41) is 2.62. The molecule has 0 saturated heterocycles. The van der Waals surface area contributed by atoms with Crippen LogP contribution in [0.25, 0.3) is 0 Å². The van der Waals surface area contributed by atoms with Gasteiger partial charge in [-0.2, -0.15) is 0 Å². The number of carbonyl (C=O) groups is 3. The summed E-state index contributed by atoms with van der Waals surface area (Å²) in [6.07, 6.45) is 0.414. The molecule has 0 aliphatic heterocycles. The van der Waals surface area contributed by atoms with E-state index in [1.165, 1.54) is 25.3 Å². The third kappa shape index (κ3) is 4.35. The van der Waals surface area contributed by atoms with Gasteiger partial charge in [-0.1, -0.05) is 42.0 Å². The highest BCUT2D eigenvalue weighted by Crippen LogP contribution is 2.19. The normalized spacial score (nSPS) is 11.5. The van der Waals surface area contributed by atoms with Crippen molar-refractivity contribution >= 4 is 23.3 Å². The molecule has 0 radical (unpaired) electrons. The molecule has 6 nitrogen and oxygen atoms in total. The van der Waals surface area contributed by atoms with E-state index in [0.717, 1.165) is 5.56 Å². The zero-order valence-electron chi connectivity index (χ0n) is 15.5. The number of benzene rings is 2. The van der Waals surface area contributed by atoms with Crippen LogP contribution >= 0.6 is 0 Å². The largest absolute Gasteiger partial charge is 0.459 e. The molecule has 0 fully saturated rings. The molecule has 1 atom stereocenters. The van der Waals surface area contributed by atoms with E-state index in [0.29, 0.717) is 5.56 Å². The van der Waals surface area contributed by atoms with Gasteiger partial charge in [0.25, 0.3) is 5.91 Å². The highest BCUT2D eigenvalue weighted by molar-refractivity contribution is 6.07. The Bertz CT molecular complexity index is 990. The van der Waals surface area contributed by atoms with Gasteiger partial charge in [0, 0.05) is 5.56 Å². The summed E-state index contributed by atoms with van der Waals surface area (Å²) in [5.41, 5.74) is 1.91. The second kappa shape index (κ2) is 8.35. The van der Waals surface area contributed by atoms with Gasteiger partial charge in [-0.3, -0.25) is 9.59 Å². The lowest BCUT2D eigenvalue weighted by atomic mass is 10.1. The first kappa shape index (κ1) is 19.1. The van der Waals surface area contributed by atoms with Gasteiger partial charge in [0.05, 0.1) is 17.5 Å². The smallest absolute Gasteiger partial charge is 0.340 e. The van der Waals surface area contributed by atoms with Crippen molar-refractivity contribution in [3.8, 4) is 0 Å². The molecule has 0 bridgehead atoms. The summed E-state index contributed by atoms with van der Waals surface area (Å²) >= 11 is 0. The first-order valence-electron chi connectivity index (χ1n) is 8.71. The van der Waals surface area contributed by atoms with Crippen LogP contribution in [0, 0.1) is 6.92 Å². The van der Waals surface area contributed by atoms with E-state index >= 15 is 0 Å². The number of rotatable bonds is 6. The monoisotopic (exact) mass is 377 g/mol. The van der Waals surface area contributed by atoms with Crippen LogP contribution in [-0.4, -0.2) is 23.8 Å². The molecular formula is C22H19NO5. The first-order chi connectivity index (χ1) is 13.5. The van der Waals surface area contributed by atoms with Gasteiger partial charge < -0.3 is 14.5 Å². The van der Waals surface area contributed by atoms with Crippen molar-refractivity contribution in [2.75, 3.05) is 5.32 Å². The summed E-state index contributed by atoms with van der Waals surface area (Å²) in [7, 11) is 0. The average molecular weight is 377 g/mol. The molecule has 1 N–H and O–H groups in total. The SMILES string of the molecule is Cc1ccc(C(=O)C(C)OC(=O)c2ccccc2NC(=O)c2ccco2)cc1. The maximum absolute atomic E-state index is 12.6. The lowest BCUT2D eigenvalue weighted by molar-refractivity contribution is 0.0320. The van der Waals surface area contributed by atoms with Crippen LogP contribution in [0.15, 0.2) is 71.3 Å². The third-order valence-electron chi connectivity index (χ3n) is 4.13. The summed E-state index contributed by atoms with van der Waals surface area (Å²) in [6, 6.07) is 16.5. The lowest BCUT2D eigenvalue weighted by Gasteiger charge is -2.14. The Morgan fingerprint density at radius 3 is 2.36 bits per heavy atom. The summed E-state index contributed by atoms with van der Waals surface area (Å²) in [6.45, 7) is 3.44. The number of ether oxygens (including phenoxy) is 1. The average Bonchev–Trinajstić information content (AvgIpc) is 3.23. The molecule has 1 aromatic heterocycles. The Balaban J connectivity index is 1.72. The Morgan fingerprint density at radius 2 is 1.68 bits per heavy atom. The number of para-hydroxylation sites is 1. The summed E-state index contributed by atoms with van der Waals surface area (Å²) in [4.78, 5) is 37.2. The Kier molecular flexibility index (Phi) is 5.69. The second-order valence-electron chi connectivity index (χ2n) is 6.25. The van der Waals surface area contributed by atoms with E-state index in [2.05, 4.69) is 5.32 Å². The van der Waals surface area contributed by atoms with Crippen molar-refractivity contribution in [2.24, 2.45) is 0 Å². The topological polar surface area (TPSA) is 85.6 Å². The summed E-state index contributed by atoms with van der Waals surface area (Å²) < 4.78 is 10.4. The zero-order chi connectivity index (χ0) is 20.1. The fourth-order valence-corrected chi connectivity index (χ4v) is 2.59. The maximum atomic E-state index is 12.6. The summed E-state index contributed by atoms with van der Waals surface area (Å²) in [5.74, 6) is -1.38. The van der Waals surface area contributed by atoms with Crippen molar-refractivity contribution in [1.82, 2.24) is 0 Å². The van der Waals surface area contributed by atoms with Gasteiger partial charge in [-0.25, -0.2) is 4.79 Å². The third-order valence-corrected chi connectivity index (χ3v) is 4.13. The number of esters is 1. The fraction of sp³-hybridized carbons (Fsp3) is 0.136. The maximum Gasteiger partial charge on any atom is 0.340 e. The van der Waals surface area contributed by atoms with Crippen LogP contribution in [0.3, 0.4) is 0 Å². The Hall–Kier alpha value is -3.67. The number of hydrogen-bond acceptors (Lipinski definition) is 5. The molecule has 28 heavy (non-hydrogen) atoms. The zero-order valence-corrected chi connectivity index (χ0v) is 15.5. The van der Waals surface area contributed by atoms with Crippen molar-refractivity contribution < 1.29 is 23.5 Å². The number of Topliss-reactive ketones (excluding diaryl/α,β-unsaturated/α-hetero) is 1. The Labute approximate surface area is 162 Å². The van der Waals surface area contributed by atoms with Gasteiger partial charge in [0.15, 0.2) is 11.9 Å². The molecular weight excluding hydrogens is 358 g/mol. The molecule has 0 saturated carbocycles. The molecule has 0 aliphatic carbocycles. The number of aryl methyl sites for hydroxylation is 1. The first-order valence-corrected chi connectivity index (χ1v) is 8.71. The van der Waals surface area contributed by atoms with E-state index in [1.807, 2.05) is 19.1 Å². The fourth-order valence-electron chi connectivity index (χ4n) is 2.59. The number of anilines is 1. The number of ketones is 1. The van der Waals surface area contributed by atoms with E-state index in [-0.39, 0.29) is 22.8 Å². The van der Waals surface area contributed by atoms with Crippen LogP contribution in [0.2, 0.25) is 0 Å². The molecule has 142 valence electrons. The Morgan fingerprint density at radius 1 is 0.964 bits per heavy atom. The van der Waals surface area contributed by atoms with Crippen molar-refractivity contribution in [3.05, 3.63) is 89.4 Å².